The van der Waals surface area contributed by atoms with Gasteiger partial charge in [-0.2, -0.15) is 0 Å². The predicted octanol–water partition coefficient (Wildman–Crippen LogP) is 2.03. The van der Waals surface area contributed by atoms with Crippen molar-refractivity contribution in [2.45, 2.75) is 19.3 Å². The Labute approximate surface area is 75.4 Å². The summed E-state index contributed by atoms with van der Waals surface area (Å²) in [5.41, 5.74) is 5.59. The van der Waals surface area contributed by atoms with Crippen LogP contribution >= 0.6 is 22.9 Å². The minimum absolute atomic E-state index is 0.00477. The van der Waals surface area contributed by atoms with Gasteiger partial charge in [0.15, 0.2) is 4.47 Å². The fourth-order valence-electron chi connectivity index (χ4n) is 0.666. The van der Waals surface area contributed by atoms with Gasteiger partial charge >= 0.3 is 0 Å². The lowest BCUT2D eigenvalue weighted by Crippen LogP contribution is -2.26. The standard InChI is InChI=1S/C7H11ClN2S/c1-7(2,4-9)5-3-10-6(8)11-5/h3H,4,9H2,1-2H3. The third-order valence-corrected chi connectivity index (χ3v) is 3.14. The Morgan fingerprint density at radius 3 is 2.73 bits per heavy atom. The number of nitrogens with two attached hydrogens (primary N) is 1. The second kappa shape index (κ2) is 3.09. The van der Waals surface area contributed by atoms with E-state index in [4.69, 9.17) is 17.3 Å². The number of nitrogens with zero attached hydrogens (tertiary/aromatic N) is 1. The highest BCUT2D eigenvalue weighted by Gasteiger charge is 2.20. The largest absolute Gasteiger partial charge is 0.330 e. The van der Waals surface area contributed by atoms with Gasteiger partial charge in [-0.25, -0.2) is 4.98 Å². The first kappa shape index (κ1) is 8.97. The van der Waals surface area contributed by atoms with Crippen LogP contribution in [-0.4, -0.2) is 11.5 Å². The molecule has 0 amide bonds. The van der Waals surface area contributed by atoms with Crippen LogP contribution in [0.2, 0.25) is 4.47 Å². The maximum atomic E-state index is 5.69. The van der Waals surface area contributed by atoms with Crippen LogP contribution in [0.5, 0.6) is 0 Å². The minimum atomic E-state index is 0.00477. The van der Waals surface area contributed by atoms with Gasteiger partial charge in [-0.3, -0.25) is 0 Å². The van der Waals surface area contributed by atoms with E-state index in [1.807, 2.05) is 0 Å². The van der Waals surface area contributed by atoms with E-state index >= 15 is 0 Å². The Balaban J connectivity index is 2.92. The quantitative estimate of drug-likeness (QED) is 0.775. The molecule has 62 valence electrons. The zero-order valence-electron chi connectivity index (χ0n) is 6.60. The van der Waals surface area contributed by atoms with E-state index in [0.29, 0.717) is 11.0 Å². The van der Waals surface area contributed by atoms with Crippen LogP contribution in [0.25, 0.3) is 0 Å². The van der Waals surface area contributed by atoms with E-state index in [-0.39, 0.29) is 5.41 Å². The number of hydrogen-bond acceptors (Lipinski definition) is 3. The molecule has 0 atom stereocenters. The molecule has 0 aliphatic carbocycles. The van der Waals surface area contributed by atoms with Gasteiger partial charge in [0.1, 0.15) is 0 Å². The molecule has 1 rings (SSSR count). The molecule has 0 aliphatic heterocycles. The lowest BCUT2D eigenvalue weighted by Gasteiger charge is -2.19. The summed E-state index contributed by atoms with van der Waals surface area (Å²) in [7, 11) is 0. The molecular formula is C7H11ClN2S. The van der Waals surface area contributed by atoms with Crippen molar-refractivity contribution >= 4 is 22.9 Å². The lowest BCUT2D eigenvalue weighted by atomic mass is 9.93. The molecule has 0 saturated heterocycles. The fraction of sp³-hybridized carbons (Fsp3) is 0.571. The number of hydrogen-bond donors (Lipinski definition) is 1. The molecule has 0 spiro atoms. The highest BCUT2D eigenvalue weighted by Crippen LogP contribution is 2.29. The number of thiazole rings is 1. The van der Waals surface area contributed by atoms with Gasteiger partial charge in [0, 0.05) is 23.0 Å². The Morgan fingerprint density at radius 2 is 2.36 bits per heavy atom. The zero-order valence-corrected chi connectivity index (χ0v) is 8.17. The van der Waals surface area contributed by atoms with Crippen molar-refractivity contribution in [3.05, 3.63) is 15.5 Å². The van der Waals surface area contributed by atoms with Gasteiger partial charge in [-0.15, -0.1) is 11.3 Å². The van der Waals surface area contributed by atoms with Crippen LogP contribution in [-0.2, 0) is 5.41 Å². The van der Waals surface area contributed by atoms with E-state index in [2.05, 4.69) is 18.8 Å². The molecule has 11 heavy (non-hydrogen) atoms. The smallest absolute Gasteiger partial charge is 0.183 e. The van der Waals surface area contributed by atoms with E-state index < -0.39 is 0 Å². The van der Waals surface area contributed by atoms with Crippen molar-refractivity contribution in [1.29, 1.82) is 0 Å². The third-order valence-electron chi connectivity index (χ3n) is 1.65. The molecule has 1 aromatic heterocycles. The summed E-state index contributed by atoms with van der Waals surface area (Å²) in [6.07, 6.45) is 1.79. The molecule has 1 aromatic rings. The first-order valence-electron chi connectivity index (χ1n) is 3.38. The summed E-state index contributed by atoms with van der Waals surface area (Å²) in [6.45, 7) is 4.78. The van der Waals surface area contributed by atoms with E-state index in [0.717, 1.165) is 4.88 Å². The van der Waals surface area contributed by atoms with Gasteiger partial charge in [0.25, 0.3) is 0 Å². The minimum Gasteiger partial charge on any atom is -0.330 e. The number of rotatable bonds is 2. The molecule has 1 heterocycles. The molecule has 2 nitrogen and oxygen atoms in total. The number of halogens is 1. The van der Waals surface area contributed by atoms with Crippen LogP contribution in [0.1, 0.15) is 18.7 Å². The summed E-state index contributed by atoms with van der Waals surface area (Å²) in [6, 6.07) is 0. The molecule has 0 bridgehead atoms. The Morgan fingerprint density at radius 1 is 1.73 bits per heavy atom. The maximum absolute atomic E-state index is 5.69. The fourth-order valence-corrected chi connectivity index (χ4v) is 1.72. The van der Waals surface area contributed by atoms with Gasteiger partial charge in [-0.05, 0) is 0 Å². The van der Waals surface area contributed by atoms with Crippen molar-refractivity contribution in [2.75, 3.05) is 6.54 Å². The van der Waals surface area contributed by atoms with Crippen LogP contribution in [0.3, 0.4) is 0 Å². The molecule has 0 fully saturated rings. The molecule has 2 N–H and O–H groups in total. The summed E-state index contributed by atoms with van der Waals surface area (Å²) in [4.78, 5) is 5.10. The lowest BCUT2D eigenvalue weighted by molar-refractivity contribution is 0.549. The van der Waals surface area contributed by atoms with E-state index in [1.54, 1.807) is 6.20 Å². The Kier molecular flexibility index (Phi) is 2.52. The molecular weight excluding hydrogens is 180 g/mol. The molecule has 0 unspecified atom stereocenters. The van der Waals surface area contributed by atoms with Crippen LogP contribution in [0.15, 0.2) is 6.20 Å². The summed E-state index contributed by atoms with van der Waals surface area (Å²) < 4.78 is 0.585. The first-order chi connectivity index (χ1) is 5.06. The van der Waals surface area contributed by atoms with Crippen LogP contribution in [0, 0.1) is 0 Å². The second-order valence-corrected chi connectivity index (χ2v) is 4.68. The summed E-state index contributed by atoms with van der Waals surface area (Å²) in [5.74, 6) is 0. The molecule has 4 heteroatoms. The number of aromatic nitrogens is 1. The summed E-state index contributed by atoms with van der Waals surface area (Å²) >= 11 is 7.18. The van der Waals surface area contributed by atoms with Gasteiger partial charge in [-0.1, -0.05) is 25.4 Å². The van der Waals surface area contributed by atoms with E-state index in [1.165, 1.54) is 11.3 Å². The van der Waals surface area contributed by atoms with Crippen molar-refractivity contribution < 1.29 is 0 Å². The average molecular weight is 191 g/mol. The predicted molar refractivity (Wildman–Crippen MR) is 49.2 cm³/mol. The molecule has 0 saturated carbocycles. The van der Waals surface area contributed by atoms with Crippen molar-refractivity contribution in [3.8, 4) is 0 Å². The summed E-state index contributed by atoms with van der Waals surface area (Å²) in [5, 5.41) is 0. The topological polar surface area (TPSA) is 38.9 Å². The van der Waals surface area contributed by atoms with E-state index in [9.17, 15) is 0 Å². The SMILES string of the molecule is CC(C)(CN)c1cnc(Cl)s1. The maximum Gasteiger partial charge on any atom is 0.183 e. The highest BCUT2D eigenvalue weighted by atomic mass is 35.5. The van der Waals surface area contributed by atoms with Crippen molar-refractivity contribution in [1.82, 2.24) is 4.98 Å². The Bertz CT molecular complexity index is 244. The zero-order chi connectivity index (χ0) is 8.48. The monoisotopic (exact) mass is 190 g/mol. The third kappa shape index (κ3) is 1.92. The average Bonchev–Trinajstić information content (AvgIpc) is 2.36. The highest BCUT2D eigenvalue weighted by molar-refractivity contribution is 7.15. The first-order valence-corrected chi connectivity index (χ1v) is 4.57. The van der Waals surface area contributed by atoms with Crippen LogP contribution in [0.4, 0.5) is 0 Å². The molecule has 0 aliphatic rings. The van der Waals surface area contributed by atoms with Gasteiger partial charge in [0.2, 0.25) is 0 Å². The second-order valence-electron chi connectivity index (χ2n) is 3.07. The molecule has 0 radical (unpaired) electrons. The van der Waals surface area contributed by atoms with Gasteiger partial charge in [0.05, 0.1) is 0 Å². The normalized spacial score (nSPS) is 12.0. The van der Waals surface area contributed by atoms with Crippen molar-refractivity contribution in [2.24, 2.45) is 5.73 Å². The Hall–Kier alpha value is -0.120. The van der Waals surface area contributed by atoms with Crippen LogP contribution < -0.4 is 5.73 Å². The van der Waals surface area contributed by atoms with Crippen molar-refractivity contribution in [3.63, 3.8) is 0 Å². The molecule has 0 aromatic carbocycles. The van der Waals surface area contributed by atoms with Gasteiger partial charge < -0.3 is 5.73 Å².